The lowest BCUT2D eigenvalue weighted by molar-refractivity contribution is -0.124. The SMILES string of the molecule is O=C1C[C@H](C(=O)Nc2ccc(F)c(F)c2)n2c(nc3ccccc32)N1. The van der Waals surface area contributed by atoms with Gasteiger partial charge in [-0.1, -0.05) is 12.1 Å². The lowest BCUT2D eigenvalue weighted by atomic mass is 10.1. The zero-order chi connectivity index (χ0) is 17.6. The predicted molar refractivity (Wildman–Crippen MR) is 87.0 cm³/mol. The van der Waals surface area contributed by atoms with Gasteiger partial charge in [-0.3, -0.25) is 19.5 Å². The van der Waals surface area contributed by atoms with Gasteiger partial charge in [-0.15, -0.1) is 0 Å². The molecule has 2 aromatic carbocycles. The van der Waals surface area contributed by atoms with Crippen LogP contribution in [-0.4, -0.2) is 21.4 Å². The number of hydrogen-bond donors (Lipinski definition) is 2. The second-order valence-corrected chi connectivity index (χ2v) is 5.68. The minimum Gasteiger partial charge on any atom is -0.324 e. The van der Waals surface area contributed by atoms with E-state index in [0.717, 1.165) is 12.1 Å². The number of benzene rings is 2. The van der Waals surface area contributed by atoms with Gasteiger partial charge in [-0.05, 0) is 24.3 Å². The van der Waals surface area contributed by atoms with Crippen molar-refractivity contribution in [3.63, 3.8) is 0 Å². The molecular weight excluding hydrogens is 330 g/mol. The Balaban J connectivity index is 1.71. The summed E-state index contributed by atoms with van der Waals surface area (Å²) < 4.78 is 28.0. The van der Waals surface area contributed by atoms with Gasteiger partial charge >= 0.3 is 0 Å². The molecule has 0 unspecified atom stereocenters. The fourth-order valence-corrected chi connectivity index (χ4v) is 2.90. The highest BCUT2D eigenvalue weighted by atomic mass is 19.2. The highest BCUT2D eigenvalue weighted by Crippen LogP contribution is 2.31. The molecule has 2 heterocycles. The summed E-state index contributed by atoms with van der Waals surface area (Å²) in [5.74, 6) is -2.63. The average molecular weight is 342 g/mol. The van der Waals surface area contributed by atoms with Crippen molar-refractivity contribution >= 4 is 34.5 Å². The smallest absolute Gasteiger partial charge is 0.248 e. The van der Waals surface area contributed by atoms with Gasteiger partial charge in [0.2, 0.25) is 17.8 Å². The number of imidazole rings is 1. The summed E-state index contributed by atoms with van der Waals surface area (Å²) >= 11 is 0. The molecule has 6 nitrogen and oxygen atoms in total. The van der Waals surface area contributed by atoms with Crippen LogP contribution in [0.2, 0.25) is 0 Å². The second kappa shape index (κ2) is 5.66. The molecule has 25 heavy (non-hydrogen) atoms. The van der Waals surface area contributed by atoms with E-state index in [1.54, 1.807) is 28.8 Å². The van der Waals surface area contributed by atoms with Crippen LogP contribution in [0.1, 0.15) is 12.5 Å². The normalized spacial score (nSPS) is 16.4. The largest absolute Gasteiger partial charge is 0.324 e. The van der Waals surface area contributed by atoms with Crippen molar-refractivity contribution in [1.82, 2.24) is 9.55 Å². The van der Waals surface area contributed by atoms with Crippen LogP contribution in [0.3, 0.4) is 0 Å². The van der Waals surface area contributed by atoms with Crippen LogP contribution in [0.15, 0.2) is 42.5 Å². The van der Waals surface area contributed by atoms with Crippen LogP contribution >= 0.6 is 0 Å². The Hall–Kier alpha value is -3.29. The monoisotopic (exact) mass is 342 g/mol. The number of aromatic nitrogens is 2. The fourth-order valence-electron chi connectivity index (χ4n) is 2.90. The summed E-state index contributed by atoms with van der Waals surface area (Å²) in [5.41, 5.74) is 1.45. The highest BCUT2D eigenvalue weighted by molar-refractivity contribution is 6.02. The Bertz CT molecular complexity index is 1020. The molecule has 0 fully saturated rings. The molecule has 4 rings (SSSR count). The Morgan fingerprint density at radius 2 is 2.00 bits per heavy atom. The number of para-hydroxylation sites is 2. The molecule has 3 aromatic rings. The Kier molecular flexibility index (Phi) is 3.45. The highest BCUT2D eigenvalue weighted by Gasteiger charge is 2.32. The van der Waals surface area contributed by atoms with Crippen molar-refractivity contribution < 1.29 is 18.4 Å². The minimum absolute atomic E-state index is 0.0805. The summed E-state index contributed by atoms with van der Waals surface area (Å²) in [7, 11) is 0. The maximum absolute atomic E-state index is 13.3. The van der Waals surface area contributed by atoms with Crippen molar-refractivity contribution in [3.8, 4) is 0 Å². The van der Waals surface area contributed by atoms with Crippen molar-refractivity contribution in [2.75, 3.05) is 10.6 Å². The molecule has 0 aliphatic carbocycles. The number of fused-ring (bicyclic) bond motifs is 3. The number of nitrogens with one attached hydrogen (secondary N) is 2. The number of hydrogen-bond acceptors (Lipinski definition) is 3. The Morgan fingerprint density at radius 3 is 2.80 bits per heavy atom. The summed E-state index contributed by atoms with van der Waals surface area (Å²) in [4.78, 5) is 28.9. The lowest BCUT2D eigenvalue weighted by Crippen LogP contribution is -2.35. The standard InChI is InChI=1S/C17H12F2N4O2/c18-10-6-5-9(7-11(10)19)20-16(25)14-8-15(24)22-17-21-12-3-1-2-4-13(12)23(14)17/h1-7,14H,8H2,(H,20,25)(H,21,22,24)/t14-/m1/s1. The van der Waals surface area contributed by atoms with Crippen molar-refractivity contribution in [3.05, 3.63) is 54.1 Å². The number of halogens is 2. The molecule has 2 amide bonds. The minimum atomic E-state index is -1.06. The first kappa shape index (κ1) is 15.3. The van der Waals surface area contributed by atoms with Crippen LogP contribution in [0, 0.1) is 11.6 Å². The molecule has 0 spiro atoms. The van der Waals surface area contributed by atoms with E-state index < -0.39 is 23.6 Å². The number of carbonyl (C=O) groups excluding carboxylic acids is 2. The number of anilines is 2. The van der Waals surface area contributed by atoms with Crippen LogP contribution in [0.5, 0.6) is 0 Å². The molecule has 1 atom stereocenters. The molecular formula is C17H12F2N4O2. The topological polar surface area (TPSA) is 76.0 Å². The van der Waals surface area contributed by atoms with Crippen LogP contribution in [0.4, 0.5) is 20.4 Å². The van der Waals surface area contributed by atoms with Crippen LogP contribution in [-0.2, 0) is 9.59 Å². The molecule has 1 aliphatic heterocycles. The summed E-state index contributed by atoms with van der Waals surface area (Å²) in [6.07, 6.45) is -0.0805. The number of carbonyl (C=O) groups is 2. The molecule has 126 valence electrons. The summed E-state index contributed by atoms with van der Waals surface area (Å²) in [6.45, 7) is 0. The van der Waals surface area contributed by atoms with E-state index in [1.807, 2.05) is 0 Å². The zero-order valence-corrected chi connectivity index (χ0v) is 12.8. The summed E-state index contributed by atoms with van der Waals surface area (Å²) in [6, 6.07) is 9.41. The van der Waals surface area contributed by atoms with E-state index in [4.69, 9.17) is 0 Å². The molecule has 8 heteroatoms. The van der Waals surface area contributed by atoms with Gasteiger partial charge < -0.3 is 5.32 Å². The fraction of sp³-hybridized carbons (Fsp3) is 0.118. The van der Waals surface area contributed by atoms with Gasteiger partial charge in [0.05, 0.1) is 17.5 Å². The van der Waals surface area contributed by atoms with E-state index in [9.17, 15) is 18.4 Å². The third kappa shape index (κ3) is 2.61. The molecule has 0 bridgehead atoms. The third-order valence-electron chi connectivity index (χ3n) is 4.03. The summed E-state index contributed by atoms with van der Waals surface area (Å²) in [5, 5.41) is 5.16. The first-order valence-electron chi connectivity index (χ1n) is 7.55. The number of nitrogens with zero attached hydrogens (tertiary/aromatic N) is 2. The van der Waals surface area contributed by atoms with Crippen molar-refractivity contribution in [2.45, 2.75) is 12.5 Å². The average Bonchev–Trinajstić information content (AvgIpc) is 2.95. The molecule has 1 aromatic heterocycles. The van der Waals surface area contributed by atoms with E-state index >= 15 is 0 Å². The maximum Gasteiger partial charge on any atom is 0.248 e. The van der Waals surface area contributed by atoms with Gasteiger partial charge in [-0.2, -0.15) is 0 Å². The van der Waals surface area contributed by atoms with Crippen molar-refractivity contribution in [2.24, 2.45) is 0 Å². The van der Waals surface area contributed by atoms with Gasteiger partial charge in [0.25, 0.3) is 0 Å². The van der Waals surface area contributed by atoms with Crippen LogP contribution < -0.4 is 10.6 Å². The van der Waals surface area contributed by atoms with E-state index in [-0.39, 0.29) is 24.0 Å². The third-order valence-corrected chi connectivity index (χ3v) is 4.03. The molecule has 0 saturated carbocycles. The van der Waals surface area contributed by atoms with E-state index in [2.05, 4.69) is 15.6 Å². The Morgan fingerprint density at radius 1 is 1.20 bits per heavy atom. The molecule has 1 aliphatic rings. The predicted octanol–water partition coefficient (Wildman–Crippen LogP) is 2.84. The van der Waals surface area contributed by atoms with Gasteiger partial charge in [0.15, 0.2) is 11.6 Å². The second-order valence-electron chi connectivity index (χ2n) is 5.68. The number of amides is 2. The maximum atomic E-state index is 13.3. The van der Waals surface area contributed by atoms with E-state index in [0.29, 0.717) is 11.0 Å². The molecule has 0 saturated heterocycles. The van der Waals surface area contributed by atoms with Crippen LogP contribution in [0.25, 0.3) is 11.0 Å². The first-order valence-corrected chi connectivity index (χ1v) is 7.55. The zero-order valence-electron chi connectivity index (χ0n) is 12.8. The number of rotatable bonds is 2. The Labute approximate surface area is 140 Å². The van der Waals surface area contributed by atoms with Gasteiger partial charge in [0, 0.05) is 11.8 Å². The van der Waals surface area contributed by atoms with Gasteiger partial charge in [-0.25, -0.2) is 13.8 Å². The lowest BCUT2D eigenvalue weighted by Gasteiger charge is -2.25. The quantitative estimate of drug-likeness (QED) is 0.752. The van der Waals surface area contributed by atoms with E-state index in [1.165, 1.54) is 6.07 Å². The first-order chi connectivity index (χ1) is 12.0. The molecule has 0 radical (unpaired) electrons. The van der Waals surface area contributed by atoms with Crippen molar-refractivity contribution in [1.29, 1.82) is 0 Å². The van der Waals surface area contributed by atoms with Gasteiger partial charge in [0.1, 0.15) is 6.04 Å². The molecule has 2 N–H and O–H groups in total.